The summed E-state index contributed by atoms with van der Waals surface area (Å²) < 4.78 is 0. The second-order valence-corrected chi connectivity index (χ2v) is 3.81. The van der Waals surface area contributed by atoms with Crippen LogP contribution in [0.3, 0.4) is 0 Å². The maximum absolute atomic E-state index is 10.4. The molecule has 0 aromatic carbocycles. The van der Waals surface area contributed by atoms with E-state index in [1.165, 1.54) is 0 Å². The van der Waals surface area contributed by atoms with Crippen molar-refractivity contribution in [3.8, 4) is 6.07 Å². The molecule has 0 aliphatic heterocycles. The second-order valence-electron chi connectivity index (χ2n) is 3.81. The van der Waals surface area contributed by atoms with Crippen LogP contribution in [0.1, 0.15) is 46.0 Å². The van der Waals surface area contributed by atoms with Gasteiger partial charge < -0.3 is 5.11 Å². The number of carbonyl (C=O) groups is 1. The number of rotatable bonds is 7. The van der Waals surface area contributed by atoms with Crippen LogP contribution in [0.5, 0.6) is 0 Å². The van der Waals surface area contributed by atoms with E-state index < -0.39 is 5.97 Å². The smallest absolute Gasteiger partial charge is 0.303 e. The molecule has 0 amide bonds. The van der Waals surface area contributed by atoms with Gasteiger partial charge in [0.25, 0.3) is 0 Å². The molecule has 0 aliphatic rings. The zero-order chi connectivity index (χ0) is 11.0. The Labute approximate surface area is 85.7 Å². The van der Waals surface area contributed by atoms with E-state index in [0.29, 0.717) is 5.92 Å². The number of nitriles is 1. The molecular formula is C11H19NO2. The Kier molecular flexibility index (Phi) is 6.82. The van der Waals surface area contributed by atoms with E-state index in [-0.39, 0.29) is 12.3 Å². The molecule has 80 valence electrons. The van der Waals surface area contributed by atoms with E-state index >= 15 is 0 Å². The van der Waals surface area contributed by atoms with Crippen LogP contribution in [-0.2, 0) is 4.79 Å². The summed E-state index contributed by atoms with van der Waals surface area (Å²) in [5.74, 6) is -0.174. The Bertz CT molecular complexity index is 208. The number of hydrogen-bond donors (Lipinski definition) is 1. The molecule has 0 bridgehead atoms. The van der Waals surface area contributed by atoms with E-state index in [2.05, 4.69) is 13.0 Å². The number of carboxylic acid groups (broad SMARTS) is 1. The number of aliphatic carboxylic acids is 1. The minimum Gasteiger partial charge on any atom is -0.481 e. The van der Waals surface area contributed by atoms with Gasteiger partial charge in [-0.15, -0.1) is 0 Å². The first-order valence-corrected chi connectivity index (χ1v) is 5.21. The summed E-state index contributed by atoms with van der Waals surface area (Å²) in [6, 6.07) is 2.19. The Hall–Kier alpha value is -1.04. The Morgan fingerprint density at radius 3 is 2.50 bits per heavy atom. The van der Waals surface area contributed by atoms with E-state index in [1.54, 1.807) is 0 Å². The Balaban J connectivity index is 3.69. The van der Waals surface area contributed by atoms with E-state index in [9.17, 15) is 4.79 Å². The zero-order valence-electron chi connectivity index (χ0n) is 8.99. The standard InChI is InChI=1S/C11H19NO2/c1-3-10(6-7-11(13)14)5-4-9(2)8-12/h9-10H,3-7H2,1-2H3,(H,13,14). The second kappa shape index (κ2) is 7.37. The molecule has 0 aromatic rings. The lowest BCUT2D eigenvalue weighted by atomic mass is 9.92. The van der Waals surface area contributed by atoms with Crippen LogP contribution < -0.4 is 0 Å². The van der Waals surface area contributed by atoms with Gasteiger partial charge in [-0.2, -0.15) is 5.26 Å². The van der Waals surface area contributed by atoms with Gasteiger partial charge in [0, 0.05) is 12.3 Å². The molecular weight excluding hydrogens is 178 g/mol. The van der Waals surface area contributed by atoms with Crippen LogP contribution in [0.25, 0.3) is 0 Å². The first kappa shape index (κ1) is 13.0. The summed E-state index contributed by atoms with van der Waals surface area (Å²) in [4.78, 5) is 10.4. The highest BCUT2D eigenvalue weighted by Gasteiger charge is 2.10. The number of nitrogens with zero attached hydrogens (tertiary/aromatic N) is 1. The molecule has 1 N–H and O–H groups in total. The van der Waals surface area contributed by atoms with Gasteiger partial charge in [0.2, 0.25) is 0 Å². The zero-order valence-corrected chi connectivity index (χ0v) is 8.99. The van der Waals surface area contributed by atoms with Crippen molar-refractivity contribution >= 4 is 5.97 Å². The van der Waals surface area contributed by atoms with Gasteiger partial charge in [0.05, 0.1) is 6.07 Å². The van der Waals surface area contributed by atoms with Gasteiger partial charge in [-0.1, -0.05) is 13.3 Å². The highest BCUT2D eigenvalue weighted by Crippen LogP contribution is 2.19. The topological polar surface area (TPSA) is 61.1 Å². The normalized spacial score (nSPS) is 14.4. The van der Waals surface area contributed by atoms with Crippen molar-refractivity contribution in [3.63, 3.8) is 0 Å². The largest absolute Gasteiger partial charge is 0.481 e. The van der Waals surface area contributed by atoms with Crippen LogP contribution in [-0.4, -0.2) is 11.1 Å². The molecule has 3 nitrogen and oxygen atoms in total. The molecule has 0 fully saturated rings. The quantitative estimate of drug-likeness (QED) is 0.682. The van der Waals surface area contributed by atoms with Gasteiger partial charge in [0.1, 0.15) is 0 Å². The molecule has 0 radical (unpaired) electrons. The highest BCUT2D eigenvalue weighted by molar-refractivity contribution is 5.66. The van der Waals surface area contributed by atoms with Crippen LogP contribution in [0.4, 0.5) is 0 Å². The minimum atomic E-state index is -0.725. The number of carboxylic acids is 1. The van der Waals surface area contributed by atoms with Crippen molar-refractivity contribution in [2.24, 2.45) is 11.8 Å². The minimum absolute atomic E-state index is 0.0916. The molecule has 0 aromatic heterocycles. The monoisotopic (exact) mass is 197 g/mol. The highest BCUT2D eigenvalue weighted by atomic mass is 16.4. The number of hydrogen-bond acceptors (Lipinski definition) is 2. The van der Waals surface area contributed by atoms with Crippen LogP contribution in [0.15, 0.2) is 0 Å². The molecule has 3 heteroatoms. The molecule has 2 unspecified atom stereocenters. The van der Waals surface area contributed by atoms with Gasteiger partial charge >= 0.3 is 5.97 Å². The van der Waals surface area contributed by atoms with Crippen LogP contribution >= 0.6 is 0 Å². The lowest BCUT2D eigenvalue weighted by Gasteiger charge is -2.13. The van der Waals surface area contributed by atoms with E-state index in [0.717, 1.165) is 25.7 Å². The predicted octanol–water partition coefficient (Wildman–Crippen LogP) is 2.82. The Morgan fingerprint density at radius 1 is 1.43 bits per heavy atom. The molecule has 0 heterocycles. The lowest BCUT2D eigenvalue weighted by Crippen LogP contribution is -2.05. The lowest BCUT2D eigenvalue weighted by molar-refractivity contribution is -0.137. The van der Waals surface area contributed by atoms with Gasteiger partial charge in [-0.25, -0.2) is 0 Å². The first-order chi connectivity index (χ1) is 6.60. The maximum atomic E-state index is 10.4. The third-order valence-electron chi connectivity index (χ3n) is 2.57. The van der Waals surface area contributed by atoms with E-state index in [4.69, 9.17) is 10.4 Å². The van der Waals surface area contributed by atoms with Gasteiger partial charge in [-0.3, -0.25) is 4.79 Å². The van der Waals surface area contributed by atoms with Crippen LogP contribution in [0, 0.1) is 23.2 Å². The maximum Gasteiger partial charge on any atom is 0.303 e. The molecule has 0 spiro atoms. The van der Waals surface area contributed by atoms with Crippen molar-refractivity contribution < 1.29 is 9.90 Å². The van der Waals surface area contributed by atoms with Gasteiger partial charge in [-0.05, 0) is 32.1 Å². The van der Waals surface area contributed by atoms with Crippen molar-refractivity contribution in [3.05, 3.63) is 0 Å². The van der Waals surface area contributed by atoms with E-state index in [1.807, 2.05) is 6.92 Å². The average Bonchev–Trinajstić information content (AvgIpc) is 2.17. The van der Waals surface area contributed by atoms with Crippen molar-refractivity contribution in [2.45, 2.75) is 46.0 Å². The summed E-state index contributed by atoms with van der Waals surface area (Å²) >= 11 is 0. The third kappa shape index (κ3) is 6.47. The summed E-state index contributed by atoms with van der Waals surface area (Å²) in [6.45, 7) is 3.98. The molecule has 0 saturated carbocycles. The first-order valence-electron chi connectivity index (χ1n) is 5.21. The predicted molar refractivity (Wildman–Crippen MR) is 54.7 cm³/mol. The summed E-state index contributed by atoms with van der Waals surface area (Å²) in [7, 11) is 0. The average molecular weight is 197 g/mol. The third-order valence-corrected chi connectivity index (χ3v) is 2.57. The Morgan fingerprint density at radius 2 is 2.07 bits per heavy atom. The van der Waals surface area contributed by atoms with Crippen molar-refractivity contribution in [1.29, 1.82) is 5.26 Å². The SMILES string of the molecule is CCC(CCC(=O)O)CCC(C)C#N. The molecule has 2 atom stereocenters. The fourth-order valence-corrected chi connectivity index (χ4v) is 1.43. The van der Waals surface area contributed by atoms with Gasteiger partial charge in [0.15, 0.2) is 0 Å². The summed E-state index contributed by atoms with van der Waals surface area (Å²) in [5, 5.41) is 17.1. The molecule has 0 saturated heterocycles. The fraction of sp³-hybridized carbons (Fsp3) is 0.818. The summed E-state index contributed by atoms with van der Waals surface area (Å²) in [6.07, 6.45) is 3.85. The van der Waals surface area contributed by atoms with Crippen molar-refractivity contribution in [2.75, 3.05) is 0 Å². The summed E-state index contributed by atoms with van der Waals surface area (Å²) in [5.41, 5.74) is 0. The van der Waals surface area contributed by atoms with Crippen LogP contribution in [0.2, 0.25) is 0 Å². The molecule has 14 heavy (non-hydrogen) atoms. The fourth-order valence-electron chi connectivity index (χ4n) is 1.43. The van der Waals surface area contributed by atoms with Crippen molar-refractivity contribution in [1.82, 2.24) is 0 Å². The molecule has 0 aliphatic carbocycles. The molecule has 0 rings (SSSR count).